The third kappa shape index (κ3) is 2.59. The molecule has 3 rings (SSSR count). The molecular formula is C16H19N3O. The van der Waals surface area contributed by atoms with Gasteiger partial charge in [0.2, 0.25) is 5.91 Å². The van der Waals surface area contributed by atoms with Gasteiger partial charge in [-0.3, -0.25) is 9.78 Å². The van der Waals surface area contributed by atoms with E-state index in [2.05, 4.69) is 10.3 Å². The van der Waals surface area contributed by atoms with Gasteiger partial charge in [-0.1, -0.05) is 12.8 Å². The van der Waals surface area contributed by atoms with Gasteiger partial charge < -0.3 is 11.1 Å². The summed E-state index contributed by atoms with van der Waals surface area (Å²) < 4.78 is 0. The van der Waals surface area contributed by atoms with E-state index in [9.17, 15) is 4.79 Å². The van der Waals surface area contributed by atoms with Crippen molar-refractivity contribution in [1.82, 2.24) is 4.98 Å². The Kier molecular flexibility index (Phi) is 3.54. The Morgan fingerprint density at radius 1 is 1.30 bits per heavy atom. The number of anilines is 2. The largest absolute Gasteiger partial charge is 0.397 e. The van der Waals surface area contributed by atoms with E-state index < -0.39 is 0 Å². The van der Waals surface area contributed by atoms with Crippen LogP contribution in [-0.2, 0) is 4.79 Å². The van der Waals surface area contributed by atoms with E-state index in [1.807, 2.05) is 18.2 Å². The topological polar surface area (TPSA) is 68.0 Å². The maximum atomic E-state index is 12.1. The summed E-state index contributed by atoms with van der Waals surface area (Å²) >= 11 is 0. The number of nitrogens with two attached hydrogens (primary N) is 1. The van der Waals surface area contributed by atoms with Gasteiger partial charge in [0.05, 0.1) is 16.9 Å². The molecule has 4 heteroatoms. The Morgan fingerprint density at radius 3 is 2.90 bits per heavy atom. The lowest BCUT2D eigenvalue weighted by molar-refractivity contribution is -0.117. The predicted molar refractivity (Wildman–Crippen MR) is 81.4 cm³/mol. The number of carbonyl (C=O) groups excluding carboxylic acids is 1. The van der Waals surface area contributed by atoms with Crippen molar-refractivity contribution in [1.29, 1.82) is 0 Å². The summed E-state index contributed by atoms with van der Waals surface area (Å²) in [6.45, 7) is 0. The van der Waals surface area contributed by atoms with Crippen LogP contribution >= 0.6 is 0 Å². The molecule has 1 aliphatic rings. The predicted octanol–water partition coefficient (Wildman–Crippen LogP) is 3.34. The van der Waals surface area contributed by atoms with Crippen molar-refractivity contribution < 1.29 is 4.79 Å². The van der Waals surface area contributed by atoms with Crippen LogP contribution in [0.4, 0.5) is 11.4 Å². The van der Waals surface area contributed by atoms with Gasteiger partial charge in [0.25, 0.3) is 0 Å². The Bertz CT molecular complexity index is 633. The van der Waals surface area contributed by atoms with Crippen molar-refractivity contribution in [2.45, 2.75) is 32.1 Å². The van der Waals surface area contributed by atoms with Crippen LogP contribution in [0.1, 0.15) is 32.1 Å². The summed E-state index contributed by atoms with van der Waals surface area (Å²) in [4.78, 5) is 16.4. The first-order valence-corrected chi connectivity index (χ1v) is 7.17. The average Bonchev–Trinajstić information content (AvgIpc) is 2.95. The zero-order valence-electron chi connectivity index (χ0n) is 11.4. The first-order chi connectivity index (χ1) is 9.74. The van der Waals surface area contributed by atoms with Gasteiger partial charge in [0.1, 0.15) is 0 Å². The van der Waals surface area contributed by atoms with E-state index in [0.717, 1.165) is 16.6 Å². The van der Waals surface area contributed by atoms with E-state index in [1.165, 1.54) is 25.7 Å². The van der Waals surface area contributed by atoms with Crippen molar-refractivity contribution in [3.05, 3.63) is 30.5 Å². The number of hydrogen-bond donors (Lipinski definition) is 2. The number of rotatable bonds is 3. The van der Waals surface area contributed by atoms with Gasteiger partial charge in [-0.25, -0.2) is 0 Å². The maximum absolute atomic E-state index is 12.1. The molecule has 4 nitrogen and oxygen atoms in total. The normalized spacial score (nSPS) is 15.6. The van der Waals surface area contributed by atoms with Crippen molar-refractivity contribution in [2.75, 3.05) is 11.1 Å². The molecule has 1 heterocycles. The molecule has 0 spiro atoms. The minimum Gasteiger partial charge on any atom is -0.397 e. The Balaban J connectivity index is 1.80. The average molecular weight is 269 g/mol. The second kappa shape index (κ2) is 5.49. The lowest BCUT2D eigenvalue weighted by atomic mass is 10.0. The highest BCUT2D eigenvalue weighted by molar-refractivity contribution is 6.04. The molecule has 1 aromatic heterocycles. The quantitative estimate of drug-likeness (QED) is 0.840. The molecule has 0 atom stereocenters. The summed E-state index contributed by atoms with van der Waals surface area (Å²) in [5, 5.41) is 3.90. The fourth-order valence-electron chi connectivity index (χ4n) is 2.98. The van der Waals surface area contributed by atoms with Crippen LogP contribution in [0.15, 0.2) is 30.5 Å². The summed E-state index contributed by atoms with van der Waals surface area (Å²) in [5.74, 6) is 0.639. The number of benzene rings is 1. The number of nitrogens with one attached hydrogen (secondary N) is 1. The first kappa shape index (κ1) is 12.9. The monoisotopic (exact) mass is 269 g/mol. The second-order valence-electron chi connectivity index (χ2n) is 5.50. The molecule has 1 aromatic carbocycles. The minimum atomic E-state index is 0.0897. The molecule has 0 aliphatic heterocycles. The van der Waals surface area contributed by atoms with Crippen molar-refractivity contribution in [2.24, 2.45) is 5.92 Å². The number of carbonyl (C=O) groups is 1. The fourth-order valence-corrected chi connectivity index (χ4v) is 2.98. The SMILES string of the molecule is Nc1ccc(NC(=O)CC2CCCC2)c2cccnc12. The van der Waals surface area contributed by atoms with Gasteiger partial charge in [-0.2, -0.15) is 0 Å². The molecule has 20 heavy (non-hydrogen) atoms. The Morgan fingerprint density at radius 2 is 2.10 bits per heavy atom. The molecule has 3 N–H and O–H groups in total. The molecule has 1 aliphatic carbocycles. The molecular weight excluding hydrogens is 250 g/mol. The van der Waals surface area contributed by atoms with Crippen LogP contribution in [0, 0.1) is 5.92 Å². The number of aromatic nitrogens is 1. The summed E-state index contributed by atoms with van der Waals surface area (Å²) in [5.41, 5.74) is 8.08. The molecule has 2 aromatic rings. The summed E-state index contributed by atoms with van der Waals surface area (Å²) in [6, 6.07) is 7.44. The van der Waals surface area contributed by atoms with E-state index in [4.69, 9.17) is 5.73 Å². The summed E-state index contributed by atoms with van der Waals surface area (Å²) in [7, 11) is 0. The van der Waals surface area contributed by atoms with E-state index >= 15 is 0 Å². The van der Waals surface area contributed by atoms with Crippen molar-refractivity contribution in [3.8, 4) is 0 Å². The number of fused-ring (bicyclic) bond motifs is 1. The van der Waals surface area contributed by atoms with Crippen molar-refractivity contribution >= 4 is 28.2 Å². The second-order valence-corrected chi connectivity index (χ2v) is 5.50. The van der Waals surface area contributed by atoms with Gasteiger partial charge in [0, 0.05) is 18.0 Å². The zero-order valence-corrected chi connectivity index (χ0v) is 11.4. The third-order valence-corrected chi connectivity index (χ3v) is 4.02. The highest BCUT2D eigenvalue weighted by atomic mass is 16.1. The summed E-state index contributed by atoms with van der Waals surface area (Å²) in [6.07, 6.45) is 7.20. The maximum Gasteiger partial charge on any atom is 0.224 e. The lowest BCUT2D eigenvalue weighted by Crippen LogP contribution is -2.15. The van der Waals surface area contributed by atoms with Gasteiger partial charge >= 0.3 is 0 Å². The molecule has 1 saturated carbocycles. The molecule has 1 fully saturated rings. The van der Waals surface area contributed by atoms with Crippen LogP contribution in [0.5, 0.6) is 0 Å². The smallest absolute Gasteiger partial charge is 0.224 e. The van der Waals surface area contributed by atoms with Crippen LogP contribution in [0.3, 0.4) is 0 Å². The molecule has 0 radical (unpaired) electrons. The van der Waals surface area contributed by atoms with Crippen LogP contribution < -0.4 is 11.1 Å². The van der Waals surface area contributed by atoms with E-state index in [0.29, 0.717) is 18.0 Å². The molecule has 0 bridgehead atoms. The number of nitrogen functional groups attached to an aromatic ring is 1. The molecule has 0 unspecified atom stereocenters. The van der Waals surface area contributed by atoms with Gasteiger partial charge in [-0.15, -0.1) is 0 Å². The fraction of sp³-hybridized carbons (Fsp3) is 0.375. The van der Waals surface area contributed by atoms with Crippen molar-refractivity contribution in [3.63, 3.8) is 0 Å². The molecule has 104 valence electrons. The first-order valence-electron chi connectivity index (χ1n) is 7.17. The van der Waals surface area contributed by atoms with Crippen LogP contribution in [-0.4, -0.2) is 10.9 Å². The molecule has 1 amide bonds. The number of pyridine rings is 1. The van der Waals surface area contributed by atoms with E-state index in [-0.39, 0.29) is 5.91 Å². The highest BCUT2D eigenvalue weighted by Crippen LogP contribution is 2.29. The third-order valence-electron chi connectivity index (χ3n) is 4.02. The number of hydrogen-bond acceptors (Lipinski definition) is 3. The Labute approximate surface area is 118 Å². The van der Waals surface area contributed by atoms with Crippen LogP contribution in [0.25, 0.3) is 10.9 Å². The van der Waals surface area contributed by atoms with Crippen LogP contribution in [0.2, 0.25) is 0 Å². The minimum absolute atomic E-state index is 0.0897. The Hall–Kier alpha value is -2.10. The highest BCUT2D eigenvalue weighted by Gasteiger charge is 2.18. The van der Waals surface area contributed by atoms with Gasteiger partial charge in [0.15, 0.2) is 0 Å². The number of nitrogens with zero attached hydrogens (tertiary/aromatic N) is 1. The zero-order chi connectivity index (χ0) is 13.9. The van der Waals surface area contributed by atoms with Gasteiger partial charge in [-0.05, 0) is 43.0 Å². The standard InChI is InChI=1S/C16H19N3O/c17-13-7-8-14(12-6-3-9-18-16(12)13)19-15(20)10-11-4-1-2-5-11/h3,6-9,11H,1-2,4-5,10,17H2,(H,19,20). The van der Waals surface area contributed by atoms with E-state index in [1.54, 1.807) is 12.3 Å². The number of amides is 1. The lowest BCUT2D eigenvalue weighted by Gasteiger charge is -2.12. The molecule has 0 saturated heterocycles.